The quantitative estimate of drug-likeness (QED) is 0.202. The minimum absolute atomic E-state index is 0.00195. The van der Waals surface area contributed by atoms with Crippen molar-refractivity contribution in [1.29, 1.82) is 0 Å². The number of ketones is 1. The van der Waals surface area contributed by atoms with E-state index in [1.54, 1.807) is 12.1 Å². The molecule has 1 aromatic heterocycles. The summed E-state index contributed by atoms with van der Waals surface area (Å²) in [4.78, 5) is 27.5. The van der Waals surface area contributed by atoms with E-state index in [4.69, 9.17) is 9.63 Å². The Bertz CT molecular complexity index is 1310. The zero-order valence-electron chi connectivity index (χ0n) is 21.1. The summed E-state index contributed by atoms with van der Waals surface area (Å²) in [5, 5.41) is 16.5. The molecule has 0 spiro atoms. The Labute approximate surface area is 216 Å². The molecular weight excluding hydrogens is 466 g/mol. The van der Waals surface area contributed by atoms with Crippen LogP contribution < -0.4 is 5.32 Å². The first-order valence-electron chi connectivity index (χ1n) is 12.5. The van der Waals surface area contributed by atoms with Gasteiger partial charge in [0.2, 0.25) is 5.82 Å². The van der Waals surface area contributed by atoms with Crippen molar-refractivity contribution >= 4 is 17.4 Å². The van der Waals surface area contributed by atoms with Crippen LogP contribution in [-0.4, -0.2) is 27.0 Å². The second-order valence-corrected chi connectivity index (χ2v) is 9.49. The van der Waals surface area contributed by atoms with Crippen LogP contribution in [0, 0.1) is 5.92 Å². The predicted octanol–water partition coefficient (Wildman–Crippen LogP) is 7.04. The van der Waals surface area contributed by atoms with Gasteiger partial charge in [-0.05, 0) is 60.7 Å². The number of carbonyl (C=O) groups excluding carboxylic acids is 1. The SMILES string of the molecule is CC(C)C[C@H](Nc1ccc(C(=O)CCCC(=O)O)cc1)c1ccc(-c2noc(-c3ccccc3)n2)cc1. The summed E-state index contributed by atoms with van der Waals surface area (Å²) in [6.45, 7) is 4.37. The molecule has 2 N–H and O–H groups in total. The van der Waals surface area contributed by atoms with Crippen LogP contribution in [0.25, 0.3) is 22.8 Å². The lowest BCUT2D eigenvalue weighted by Gasteiger charge is -2.22. The maximum Gasteiger partial charge on any atom is 0.303 e. The molecule has 0 amide bonds. The van der Waals surface area contributed by atoms with E-state index in [1.165, 1.54) is 0 Å². The molecule has 7 nitrogen and oxygen atoms in total. The van der Waals surface area contributed by atoms with Gasteiger partial charge in [0.1, 0.15) is 0 Å². The van der Waals surface area contributed by atoms with E-state index < -0.39 is 5.97 Å². The largest absolute Gasteiger partial charge is 0.481 e. The van der Waals surface area contributed by atoms with Crippen LogP contribution in [0.3, 0.4) is 0 Å². The lowest BCUT2D eigenvalue weighted by molar-refractivity contribution is -0.137. The van der Waals surface area contributed by atoms with Crippen molar-refractivity contribution in [3.05, 3.63) is 90.0 Å². The molecule has 0 aliphatic heterocycles. The molecule has 4 aromatic rings. The van der Waals surface area contributed by atoms with Gasteiger partial charge in [0.15, 0.2) is 5.78 Å². The van der Waals surface area contributed by atoms with Crippen molar-refractivity contribution in [3.63, 3.8) is 0 Å². The molecule has 0 radical (unpaired) electrons. The van der Waals surface area contributed by atoms with Crippen molar-refractivity contribution in [1.82, 2.24) is 10.1 Å². The van der Waals surface area contributed by atoms with E-state index in [0.717, 1.165) is 28.8 Å². The summed E-state index contributed by atoms with van der Waals surface area (Å²) >= 11 is 0. The zero-order chi connectivity index (χ0) is 26.2. The van der Waals surface area contributed by atoms with Crippen LogP contribution in [0.1, 0.15) is 61.5 Å². The van der Waals surface area contributed by atoms with Crippen molar-refractivity contribution in [2.75, 3.05) is 5.32 Å². The van der Waals surface area contributed by atoms with Crippen molar-refractivity contribution < 1.29 is 19.2 Å². The third kappa shape index (κ3) is 7.13. The van der Waals surface area contributed by atoms with Gasteiger partial charge in [0, 0.05) is 35.2 Å². The Morgan fingerprint density at radius 2 is 1.59 bits per heavy atom. The molecule has 0 fully saturated rings. The Morgan fingerprint density at radius 3 is 2.24 bits per heavy atom. The maximum absolute atomic E-state index is 12.3. The number of nitrogens with one attached hydrogen (secondary N) is 1. The monoisotopic (exact) mass is 497 g/mol. The molecule has 1 heterocycles. The number of aliphatic carboxylic acids is 1. The van der Waals surface area contributed by atoms with Crippen molar-refractivity contribution in [2.24, 2.45) is 5.92 Å². The van der Waals surface area contributed by atoms with E-state index in [1.807, 2.05) is 54.6 Å². The van der Waals surface area contributed by atoms with Crippen LogP contribution in [-0.2, 0) is 4.79 Å². The van der Waals surface area contributed by atoms with Crippen LogP contribution in [0.2, 0.25) is 0 Å². The summed E-state index contributed by atoms with van der Waals surface area (Å²) in [7, 11) is 0. The van der Waals surface area contributed by atoms with Gasteiger partial charge in [0.05, 0.1) is 6.04 Å². The molecule has 37 heavy (non-hydrogen) atoms. The molecule has 190 valence electrons. The third-order valence-corrected chi connectivity index (χ3v) is 6.07. The second-order valence-electron chi connectivity index (χ2n) is 9.49. The smallest absolute Gasteiger partial charge is 0.303 e. The van der Waals surface area contributed by atoms with E-state index in [2.05, 4.69) is 41.4 Å². The lowest BCUT2D eigenvalue weighted by atomic mass is 9.95. The van der Waals surface area contributed by atoms with E-state index in [0.29, 0.717) is 29.6 Å². The summed E-state index contributed by atoms with van der Waals surface area (Å²) in [6.07, 6.45) is 1.50. The van der Waals surface area contributed by atoms with E-state index in [-0.39, 0.29) is 24.7 Å². The predicted molar refractivity (Wildman–Crippen MR) is 143 cm³/mol. The normalized spacial score (nSPS) is 11.9. The van der Waals surface area contributed by atoms with Gasteiger partial charge in [-0.15, -0.1) is 0 Å². The van der Waals surface area contributed by atoms with Crippen LogP contribution in [0.4, 0.5) is 5.69 Å². The molecular formula is C30H31N3O4. The molecule has 0 aliphatic carbocycles. The number of aromatic nitrogens is 2. The lowest BCUT2D eigenvalue weighted by Crippen LogP contribution is -2.13. The number of carboxylic acid groups (broad SMARTS) is 1. The fourth-order valence-electron chi connectivity index (χ4n) is 4.15. The van der Waals surface area contributed by atoms with Gasteiger partial charge in [-0.1, -0.05) is 61.5 Å². The molecule has 1 atom stereocenters. The first-order valence-corrected chi connectivity index (χ1v) is 12.5. The highest BCUT2D eigenvalue weighted by molar-refractivity contribution is 5.96. The number of hydrogen-bond acceptors (Lipinski definition) is 6. The highest BCUT2D eigenvalue weighted by Gasteiger charge is 2.16. The summed E-state index contributed by atoms with van der Waals surface area (Å²) in [5.74, 6) is 0.577. The van der Waals surface area contributed by atoms with Crippen molar-refractivity contribution in [2.45, 2.75) is 45.6 Å². The molecule has 3 aromatic carbocycles. The van der Waals surface area contributed by atoms with E-state index in [9.17, 15) is 9.59 Å². The molecule has 0 bridgehead atoms. The molecule has 4 rings (SSSR count). The van der Waals surface area contributed by atoms with Crippen LogP contribution >= 0.6 is 0 Å². The molecule has 0 aliphatic rings. The van der Waals surface area contributed by atoms with Gasteiger partial charge in [-0.3, -0.25) is 9.59 Å². The fourth-order valence-corrected chi connectivity index (χ4v) is 4.15. The van der Waals surface area contributed by atoms with Gasteiger partial charge in [0.25, 0.3) is 5.89 Å². The highest BCUT2D eigenvalue weighted by atomic mass is 16.5. The average Bonchev–Trinajstić information content (AvgIpc) is 3.39. The Morgan fingerprint density at radius 1 is 0.892 bits per heavy atom. The summed E-state index contributed by atoms with van der Waals surface area (Å²) in [5.41, 5.74) is 4.41. The number of nitrogens with zero attached hydrogens (tertiary/aromatic N) is 2. The summed E-state index contributed by atoms with van der Waals surface area (Å²) in [6, 6.07) is 25.3. The number of benzene rings is 3. The molecule has 7 heteroatoms. The van der Waals surface area contributed by atoms with Crippen LogP contribution in [0.15, 0.2) is 83.4 Å². The minimum Gasteiger partial charge on any atom is -0.481 e. The van der Waals surface area contributed by atoms with Crippen molar-refractivity contribution in [3.8, 4) is 22.8 Å². The number of anilines is 1. The molecule has 0 saturated heterocycles. The Balaban J connectivity index is 1.44. The zero-order valence-corrected chi connectivity index (χ0v) is 21.1. The first-order chi connectivity index (χ1) is 17.9. The van der Waals surface area contributed by atoms with Crippen LogP contribution in [0.5, 0.6) is 0 Å². The number of Topliss-reactive ketones (excluding diaryl/α,β-unsaturated/α-hetero) is 1. The number of hydrogen-bond donors (Lipinski definition) is 2. The Kier molecular flexibility index (Phi) is 8.46. The van der Waals surface area contributed by atoms with Gasteiger partial charge in [-0.25, -0.2) is 0 Å². The topological polar surface area (TPSA) is 105 Å². The standard InChI is InChI=1S/C30H31N3O4/c1-20(2)19-26(31-25-17-15-22(16-18-25)27(34)9-6-10-28(35)36)21-11-13-23(14-12-21)29-32-30(37-33-29)24-7-4-3-5-8-24/h3-5,7-8,11-18,20,26,31H,6,9-10,19H2,1-2H3,(H,35,36)/t26-/m0/s1. The Hall–Kier alpha value is -4.26. The first kappa shape index (κ1) is 25.8. The fraction of sp³-hybridized carbons (Fsp3) is 0.267. The number of carbonyl (C=O) groups is 2. The molecule has 0 saturated carbocycles. The second kappa shape index (κ2) is 12.1. The van der Waals surface area contributed by atoms with Gasteiger partial charge in [-0.2, -0.15) is 4.98 Å². The highest BCUT2D eigenvalue weighted by Crippen LogP contribution is 2.29. The van der Waals surface area contributed by atoms with Gasteiger partial charge >= 0.3 is 5.97 Å². The number of carboxylic acids is 1. The minimum atomic E-state index is -0.884. The maximum atomic E-state index is 12.3. The molecule has 0 unspecified atom stereocenters. The van der Waals surface area contributed by atoms with Gasteiger partial charge < -0.3 is 14.9 Å². The third-order valence-electron chi connectivity index (χ3n) is 6.07. The number of rotatable bonds is 12. The average molecular weight is 498 g/mol. The van der Waals surface area contributed by atoms with E-state index >= 15 is 0 Å². The summed E-state index contributed by atoms with van der Waals surface area (Å²) < 4.78 is 5.45.